The number of carbonyl (C=O) groups excluding carboxylic acids is 1. The van der Waals surface area contributed by atoms with Crippen molar-refractivity contribution < 1.29 is 15.0 Å². The summed E-state index contributed by atoms with van der Waals surface area (Å²) in [5.74, 6) is -0.231. The average Bonchev–Trinajstić information content (AvgIpc) is 2.57. The summed E-state index contributed by atoms with van der Waals surface area (Å²) in [6.07, 6.45) is 2.22. The van der Waals surface area contributed by atoms with Gasteiger partial charge in [-0.3, -0.25) is 9.78 Å². The summed E-state index contributed by atoms with van der Waals surface area (Å²) in [5, 5.41) is 23.0. The van der Waals surface area contributed by atoms with Crippen LogP contribution in [0.25, 0.3) is 10.9 Å². The van der Waals surface area contributed by atoms with Crippen molar-refractivity contribution in [1.82, 2.24) is 10.3 Å². The minimum Gasteiger partial charge on any atom is -0.508 e. The van der Waals surface area contributed by atoms with E-state index >= 15 is 0 Å². The molecule has 0 spiro atoms. The minimum absolute atomic E-state index is 0. The lowest BCUT2D eigenvalue weighted by Gasteiger charge is -2.08. The molecule has 0 unspecified atom stereocenters. The fraction of sp³-hybridized carbons (Fsp3) is 0.158. The summed E-state index contributed by atoms with van der Waals surface area (Å²) >= 11 is 0. The molecule has 0 aliphatic rings. The Morgan fingerprint density at radius 3 is 2.54 bits per heavy atom. The first kappa shape index (κ1) is 17.3. The van der Waals surface area contributed by atoms with Crippen molar-refractivity contribution in [1.29, 1.82) is 0 Å². The second-order valence-corrected chi connectivity index (χ2v) is 5.21. The van der Waals surface area contributed by atoms with Gasteiger partial charge in [-0.05, 0) is 36.2 Å². The quantitative estimate of drug-likeness (QED) is 0.688. The summed E-state index contributed by atoms with van der Waals surface area (Å²) in [4.78, 5) is 16.3. The third kappa shape index (κ3) is 3.63. The lowest BCUT2D eigenvalue weighted by molar-refractivity contribution is 0.0951. The highest BCUT2D eigenvalue weighted by Gasteiger charge is 2.14. The van der Waals surface area contributed by atoms with Gasteiger partial charge in [0.2, 0.25) is 0 Å². The van der Waals surface area contributed by atoms with E-state index in [4.69, 9.17) is 0 Å². The van der Waals surface area contributed by atoms with Crippen LogP contribution in [-0.2, 0) is 6.42 Å². The molecule has 1 heterocycles. The molecule has 2 aromatic carbocycles. The molecule has 0 saturated carbocycles. The average molecular weight is 324 g/mol. The molecule has 0 saturated heterocycles. The van der Waals surface area contributed by atoms with Gasteiger partial charge in [0.1, 0.15) is 11.3 Å². The fourth-order valence-electron chi connectivity index (χ4n) is 2.39. The molecule has 1 aromatic heterocycles. The number of nitrogens with zero attached hydrogens (tertiary/aromatic N) is 1. The Labute approximate surface area is 140 Å². The van der Waals surface area contributed by atoms with Crippen molar-refractivity contribution in [3.8, 4) is 11.5 Å². The van der Waals surface area contributed by atoms with Crippen molar-refractivity contribution in [2.75, 3.05) is 6.54 Å². The SMILES string of the molecule is C.O=C(NCCc1ccc(O)cc1)c1ccc2cccnc2c1O. The number of phenolic OH excluding ortho intramolecular Hbond substituents is 2. The van der Waals surface area contributed by atoms with Crippen LogP contribution in [0, 0.1) is 0 Å². The predicted molar refractivity (Wildman–Crippen MR) is 94.3 cm³/mol. The van der Waals surface area contributed by atoms with E-state index in [2.05, 4.69) is 10.3 Å². The van der Waals surface area contributed by atoms with Gasteiger partial charge < -0.3 is 15.5 Å². The number of hydrogen-bond acceptors (Lipinski definition) is 4. The normalized spacial score (nSPS) is 10.2. The number of pyridine rings is 1. The number of benzene rings is 2. The van der Waals surface area contributed by atoms with Crippen molar-refractivity contribution in [3.05, 3.63) is 65.9 Å². The van der Waals surface area contributed by atoms with Crippen molar-refractivity contribution in [2.45, 2.75) is 13.8 Å². The zero-order chi connectivity index (χ0) is 16.2. The van der Waals surface area contributed by atoms with Crippen LogP contribution in [-0.4, -0.2) is 27.6 Å². The predicted octanol–water partition coefficient (Wildman–Crippen LogP) is 3.25. The Kier molecular flexibility index (Phi) is 5.37. The van der Waals surface area contributed by atoms with E-state index in [-0.39, 0.29) is 30.4 Å². The summed E-state index contributed by atoms with van der Waals surface area (Å²) < 4.78 is 0. The topological polar surface area (TPSA) is 82.5 Å². The van der Waals surface area contributed by atoms with Crippen LogP contribution >= 0.6 is 0 Å². The third-order valence-corrected chi connectivity index (χ3v) is 3.63. The number of hydrogen-bond donors (Lipinski definition) is 3. The maximum atomic E-state index is 12.2. The number of amides is 1. The maximum absolute atomic E-state index is 12.2. The minimum atomic E-state index is -0.339. The van der Waals surface area contributed by atoms with Crippen LogP contribution in [0.5, 0.6) is 11.5 Å². The van der Waals surface area contributed by atoms with Gasteiger partial charge in [-0.2, -0.15) is 0 Å². The third-order valence-electron chi connectivity index (χ3n) is 3.63. The Morgan fingerprint density at radius 2 is 1.79 bits per heavy atom. The van der Waals surface area contributed by atoms with Crippen LogP contribution in [0.1, 0.15) is 23.3 Å². The summed E-state index contributed by atoms with van der Waals surface area (Å²) in [5.41, 5.74) is 1.63. The summed E-state index contributed by atoms with van der Waals surface area (Å²) in [7, 11) is 0. The van der Waals surface area contributed by atoms with E-state index in [0.29, 0.717) is 18.5 Å². The van der Waals surface area contributed by atoms with E-state index in [1.807, 2.05) is 6.07 Å². The van der Waals surface area contributed by atoms with Crippen LogP contribution in [0.2, 0.25) is 0 Å². The molecule has 3 rings (SSSR count). The van der Waals surface area contributed by atoms with Gasteiger partial charge in [0, 0.05) is 18.1 Å². The molecule has 5 heteroatoms. The molecule has 0 bridgehead atoms. The molecule has 3 aromatic rings. The zero-order valence-corrected chi connectivity index (χ0v) is 12.4. The number of aromatic nitrogens is 1. The number of fused-ring (bicyclic) bond motifs is 1. The van der Waals surface area contributed by atoms with Crippen molar-refractivity contribution >= 4 is 16.8 Å². The molecule has 0 atom stereocenters. The van der Waals surface area contributed by atoms with Gasteiger partial charge in [0.15, 0.2) is 5.75 Å². The van der Waals surface area contributed by atoms with Crippen molar-refractivity contribution in [2.24, 2.45) is 0 Å². The van der Waals surface area contributed by atoms with Crippen LogP contribution in [0.3, 0.4) is 0 Å². The second-order valence-electron chi connectivity index (χ2n) is 5.21. The largest absolute Gasteiger partial charge is 0.508 e. The Bertz CT molecular complexity index is 845. The zero-order valence-electron chi connectivity index (χ0n) is 12.4. The van der Waals surface area contributed by atoms with Crippen LogP contribution < -0.4 is 5.32 Å². The molecule has 5 nitrogen and oxygen atoms in total. The fourth-order valence-corrected chi connectivity index (χ4v) is 2.39. The van der Waals surface area contributed by atoms with E-state index < -0.39 is 0 Å². The summed E-state index contributed by atoms with van der Waals surface area (Å²) in [6, 6.07) is 13.8. The molecule has 0 radical (unpaired) electrons. The van der Waals surface area contributed by atoms with Crippen LogP contribution in [0.4, 0.5) is 0 Å². The van der Waals surface area contributed by atoms with Gasteiger partial charge in [0.05, 0.1) is 5.56 Å². The highest BCUT2D eigenvalue weighted by Crippen LogP contribution is 2.26. The van der Waals surface area contributed by atoms with Crippen LogP contribution in [0.15, 0.2) is 54.7 Å². The monoisotopic (exact) mass is 324 g/mol. The lowest BCUT2D eigenvalue weighted by atomic mass is 10.1. The number of rotatable bonds is 4. The molecular weight excluding hydrogens is 304 g/mol. The van der Waals surface area contributed by atoms with Gasteiger partial charge in [0.25, 0.3) is 5.91 Å². The molecule has 0 fully saturated rings. The Morgan fingerprint density at radius 1 is 1.04 bits per heavy atom. The van der Waals surface area contributed by atoms with E-state index in [1.165, 1.54) is 0 Å². The molecule has 3 N–H and O–H groups in total. The lowest BCUT2D eigenvalue weighted by Crippen LogP contribution is -2.25. The first-order valence-electron chi connectivity index (χ1n) is 7.28. The number of aromatic hydroxyl groups is 2. The standard InChI is InChI=1S/C18H16N2O3.CH4/c21-14-6-3-12(4-7-14)9-11-20-18(23)15-8-5-13-2-1-10-19-16(13)17(15)22;/h1-8,10,21-22H,9,11H2,(H,20,23);1H4. The first-order chi connectivity index (χ1) is 11.1. The summed E-state index contributed by atoms with van der Waals surface area (Å²) in [6.45, 7) is 0.434. The molecule has 1 amide bonds. The van der Waals surface area contributed by atoms with E-state index in [0.717, 1.165) is 10.9 Å². The van der Waals surface area contributed by atoms with Gasteiger partial charge >= 0.3 is 0 Å². The Balaban J connectivity index is 0.00000208. The van der Waals surface area contributed by atoms with E-state index in [9.17, 15) is 15.0 Å². The smallest absolute Gasteiger partial charge is 0.255 e. The van der Waals surface area contributed by atoms with E-state index in [1.54, 1.807) is 48.7 Å². The molecule has 0 aliphatic heterocycles. The number of carbonyl (C=O) groups is 1. The molecule has 24 heavy (non-hydrogen) atoms. The highest BCUT2D eigenvalue weighted by molar-refractivity contribution is 6.02. The number of nitrogens with one attached hydrogen (secondary N) is 1. The van der Waals surface area contributed by atoms with Gasteiger partial charge in [-0.15, -0.1) is 0 Å². The molecular formula is C19H20N2O3. The van der Waals surface area contributed by atoms with Crippen molar-refractivity contribution in [3.63, 3.8) is 0 Å². The highest BCUT2D eigenvalue weighted by atomic mass is 16.3. The van der Waals surface area contributed by atoms with Gasteiger partial charge in [-0.1, -0.05) is 31.7 Å². The molecule has 0 aliphatic carbocycles. The Hall–Kier alpha value is -3.08. The van der Waals surface area contributed by atoms with Gasteiger partial charge in [-0.25, -0.2) is 0 Å². The first-order valence-corrected chi connectivity index (χ1v) is 7.28. The second kappa shape index (κ2) is 7.46. The molecule has 124 valence electrons. The maximum Gasteiger partial charge on any atom is 0.255 e. The number of phenols is 2.